The number of nitrogens with one attached hydrogen (secondary N) is 2. The van der Waals surface area contributed by atoms with Gasteiger partial charge in [0.1, 0.15) is 17.1 Å². The van der Waals surface area contributed by atoms with E-state index < -0.39 is 17.5 Å². The number of aromatic nitrogens is 7. The fraction of sp³-hybridized carbons (Fsp3) is 0.0909. The molecule has 2 N–H and O–H groups in total. The molecule has 0 spiro atoms. The van der Waals surface area contributed by atoms with E-state index in [0.717, 1.165) is 10.9 Å². The van der Waals surface area contributed by atoms with Crippen LogP contribution >= 0.6 is 11.6 Å². The number of hydrogen-bond donors (Lipinski definition) is 2. The highest BCUT2D eigenvalue weighted by atomic mass is 35.5. The van der Waals surface area contributed by atoms with Crippen molar-refractivity contribution in [3.8, 4) is 17.1 Å². The first kappa shape index (κ1) is 21.6. The lowest BCUT2D eigenvalue weighted by Crippen LogP contribution is -2.21. The zero-order valence-corrected chi connectivity index (χ0v) is 18.3. The number of aromatic amines is 1. The van der Waals surface area contributed by atoms with E-state index in [9.17, 15) is 13.6 Å². The van der Waals surface area contributed by atoms with E-state index in [0.29, 0.717) is 34.9 Å². The smallest absolute Gasteiger partial charge is 0.287 e. The summed E-state index contributed by atoms with van der Waals surface area (Å²) in [6.45, 7) is 0.714. The summed E-state index contributed by atoms with van der Waals surface area (Å²) in [6.07, 6.45) is 5.50. The number of carbonyl (C=O) groups is 1. The van der Waals surface area contributed by atoms with E-state index in [2.05, 4.69) is 35.8 Å². The molecule has 0 fully saturated rings. The predicted molar refractivity (Wildman–Crippen MR) is 121 cm³/mol. The van der Waals surface area contributed by atoms with Gasteiger partial charge in [-0.15, -0.1) is 0 Å². The fourth-order valence-corrected chi connectivity index (χ4v) is 3.86. The van der Waals surface area contributed by atoms with Gasteiger partial charge in [-0.05, 0) is 30.3 Å². The van der Waals surface area contributed by atoms with Crippen LogP contribution in [-0.4, -0.2) is 41.1 Å². The maximum atomic E-state index is 14.8. The number of fused-ring (bicyclic) bond motifs is 1. The van der Waals surface area contributed by atoms with Crippen LogP contribution in [0.5, 0.6) is 0 Å². The molecule has 0 bridgehead atoms. The van der Waals surface area contributed by atoms with Crippen LogP contribution in [0.1, 0.15) is 23.0 Å². The highest BCUT2D eigenvalue weighted by Gasteiger charge is 2.36. The zero-order valence-electron chi connectivity index (χ0n) is 17.5. The Morgan fingerprint density at radius 1 is 1.15 bits per heavy atom. The quantitative estimate of drug-likeness (QED) is 0.379. The average Bonchev–Trinajstić information content (AvgIpc) is 3.49. The molecule has 34 heavy (non-hydrogen) atoms. The lowest BCUT2D eigenvalue weighted by Gasteiger charge is -2.17. The molecule has 0 saturated heterocycles. The van der Waals surface area contributed by atoms with Gasteiger partial charge in [0.2, 0.25) is 0 Å². The summed E-state index contributed by atoms with van der Waals surface area (Å²) in [5, 5.41) is 17.6. The standard InChI is InChI=1S/C22H15ClF2N8O/c1-22(24,25)20-14(10-29-33(20)18-6-2-5-16-13(18)4-3-7-26-16)21(34)30-12-8-15(23)19(27-9-12)17-11-28-32-31-17/h2-11H,1H3,(H,30,34)(H,28,31,32). The Kier molecular flexibility index (Phi) is 5.25. The molecule has 170 valence electrons. The van der Waals surface area contributed by atoms with Gasteiger partial charge < -0.3 is 5.32 Å². The molecule has 0 aliphatic carbocycles. The number of alkyl halides is 2. The molecule has 1 amide bonds. The van der Waals surface area contributed by atoms with Crippen LogP contribution in [0.15, 0.2) is 61.2 Å². The second-order valence-corrected chi connectivity index (χ2v) is 7.83. The summed E-state index contributed by atoms with van der Waals surface area (Å²) in [5.74, 6) is -4.16. The van der Waals surface area contributed by atoms with Gasteiger partial charge in [-0.1, -0.05) is 17.7 Å². The van der Waals surface area contributed by atoms with Gasteiger partial charge in [-0.2, -0.15) is 29.3 Å². The third kappa shape index (κ3) is 3.86. The predicted octanol–water partition coefficient (Wildman–Crippen LogP) is 4.62. The van der Waals surface area contributed by atoms with Crippen molar-refractivity contribution in [1.29, 1.82) is 0 Å². The SMILES string of the molecule is CC(F)(F)c1c(C(=O)Nc2cnc(-c3cn[nH]n3)c(Cl)c2)cnn1-c1cccc2ncccc12. The Morgan fingerprint density at radius 3 is 2.74 bits per heavy atom. The Bertz CT molecular complexity index is 1510. The van der Waals surface area contributed by atoms with E-state index in [4.69, 9.17) is 11.6 Å². The molecule has 9 nitrogen and oxygen atoms in total. The van der Waals surface area contributed by atoms with Crippen LogP contribution in [0.3, 0.4) is 0 Å². The molecule has 4 heterocycles. The molecule has 4 aromatic heterocycles. The molecule has 1 aromatic carbocycles. The number of halogens is 3. The molecule has 0 unspecified atom stereocenters. The minimum atomic E-state index is -3.37. The van der Waals surface area contributed by atoms with Gasteiger partial charge >= 0.3 is 0 Å². The van der Waals surface area contributed by atoms with Gasteiger partial charge in [0.25, 0.3) is 11.8 Å². The maximum Gasteiger partial charge on any atom is 0.287 e. The summed E-state index contributed by atoms with van der Waals surface area (Å²) < 4.78 is 30.6. The topological polar surface area (TPSA) is 114 Å². The number of pyridine rings is 2. The van der Waals surface area contributed by atoms with Crippen LogP contribution in [0.25, 0.3) is 28.0 Å². The number of carbonyl (C=O) groups excluding carboxylic acids is 1. The summed E-state index contributed by atoms with van der Waals surface area (Å²) >= 11 is 6.26. The van der Waals surface area contributed by atoms with Crippen molar-refractivity contribution in [3.05, 3.63) is 77.5 Å². The highest BCUT2D eigenvalue weighted by molar-refractivity contribution is 6.33. The normalized spacial score (nSPS) is 11.6. The van der Waals surface area contributed by atoms with Crippen LogP contribution < -0.4 is 5.32 Å². The first-order chi connectivity index (χ1) is 16.3. The average molecular weight is 481 g/mol. The van der Waals surface area contributed by atoms with Crippen molar-refractivity contribution in [2.24, 2.45) is 0 Å². The van der Waals surface area contributed by atoms with Crippen molar-refractivity contribution >= 4 is 34.1 Å². The van der Waals surface area contributed by atoms with Gasteiger partial charge in [0.15, 0.2) is 0 Å². The van der Waals surface area contributed by atoms with Crippen LogP contribution in [0.4, 0.5) is 14.5 Å². The molecule has 12 heteroatoms. The van der Waals surface area contributed by atoms with Crippen molar-refractivity contribution in [2.45, 2.75) is 12.8 Å². The number of hydrogen-bond acceptors (Lipinski definition) is 6. The molecule has 0 radical (unpaired) electrons. The lowest BCUT2D eigenvalue weighted by atomic mass is 10.1. The molecule has 0 aliphatic heterocycles. The summed E-state index contributed by atoms with van der Waals surface area (Å²) in [4.78, 5) is 21.4. The van der Waals surface area contributed by atoms with Crippen LogP contribution in [-0.2, 0) is 5.92 Å². The molecule has 0 saturated carbocycles. The Hall–Kier alpha value is -4.25. The van der Waals surface area contributed by atoms with E-state index in [1.165, 1.54) is 18.5 Å². The van der Waals surface area contributed by atoms with Gasteiger partial charge in [0.05, 0.1) is 46.1 Å². The van der Waals surface area contributed by atoms with Crippen molar-refractivity contribution in [1.82, 2.24) is 35.2 Å². The zero-order chi connectivity index (χ0) is 23.9. The molecule has 0 aliphatic rings. The minimum Gasteiger partial charge on any atom is -0.320 e. The maximum absolute atomic E-state index is 14.8. The fourth-order valence-electron chi connectivity index (χ4n) is 3.60. The second-order valence-electron chi connectivity index (χ2n) is 7.42. The third-order valence-electron chi connectivity index (χ3n) is 5.04. The molecular formula is C22H15ClF2N8O. The Morgan fingerprint density at radius 2 is 2.00 bits per heavy atom. The number of nitrogens with zero attached hydrogens (tertiary/aromatic N) is 6. The lowest BCUT2D eigenvalue weighted by molar-refractivity contribution is 0.00940. The van der Waals surface area contributed by atoms with Crippen LogP contribution in [0.2, 0.25) is 5.02 Å². The largest absolute Gasteiger partial charge is 0.320 e. The van der Waals surface area contributed by atoms with Crippen molar-refractivity contribution in [2.75, 3.05) is 5.32 Å². The van der Waals surface area contributed by atoms with E-state index in [1.54, 1.807) is 36.5 Å². The monoisotopic (exact) mass is 480 g/mol. The number of anilines is 1. The molecule has 0 atom stereocenters. The van der Waals surface area contributed by atoms with Crippen molar-refractivity contribution in [3.63, 3.8) is 0 Å². The Labute approximate surface area is 195 Å². The van der Waals surface area contributed by atoms with Gasteiger partial charge in [-0.3, -0.25) is 14.8 Å². The first-order valence-electron chi connectivity index (χ1n) is 9.96. The summed E-state index contributed by atoms with van der Waals surface area (Å²) in [5.41, 5.74) is 1.13. The number of rotatable bonds is 5. The minimum absolute atomic E-state index is 0.201. The first-order valence-corrected chi connectivity index (χ1v) is 10.3. The molecular weight excluding hydrogens is 466 g/mol. The van der Waals surface area contributed by atoms with Gasteiger partial charge in [-0.25, -0.2) is 4.68 Å². The van der Waals surface area contributed by atoms with E-state index in [1.807, 2.05) is 0 Å². The summed E-state index contributed by atoms with van der Waals surface area (Å²) in [6, 6.07) is 9.99. The highest BCUT2D eigenvalue weighted by Crippen LogP contribution is 2.34. The third-order valence-corrected chi connectivity index (χ3v) is 5.33. The number of benzene rings is 1. The summed E-state index contributed by atoms with van der Waals surface area (Å²) in [7, 11) is 0. The van der Waals surface area contributed by atoms with Crippen LogP contribution in [0, 0.1) is 0 Å². The van der Waals surface area contributed by atoms with Crippen molar-refractivity contribution < 1.29 is 13.6 Å². The number of H-pyrrole nitrogens is 1. The molecule has 5 aromatic rings. The van der Waals surface area contributed by atoms with E-state index in [-0.39, 0.29) is 16.3 Å². The molecule has 5 rings (SSSR count). The second kappa shape index (κ2) is 8.27. The Balaban J connectivity index is 1.53. The van der Waals surface area contributed by atoms with E-state index >= 15 is 0 Å². The number of amides is 1. The van der Waals surface area contributed by atoms with Gasteiger partial charge in [0, 0.05) is 18.5 Å².